The molecule has 0 radical (unpaired) electrons. The van der Waals surface area contributed by atoms with E-state index in [0.29, 0.717) is 5.56 Å². The van der Waals surface area contributed by atoms with Gasteiger partial charge in [0.25, 0.3) is 0 Å². The number of rotatable bonds is 4. The van der Waals surface area contributed by atoms with Gasteiger partial charge in [0.05, 0.1) is 18.2 Å². The molecule has 0 saturated carbocycles. The van der Waals surface area contributed by atoms with Gasteiger partial charge in [0.2, 0.25) is 0 Å². The number of aromatic nitrogens is 1. The molecule has 0 spiro atoms. The van der Waals surface area contributed by atoms with Gasteiger partial charge in [0.1, 0.15) is 0 Å². The second kappa shape index (κ2) is 5.78. The van der Waals surface area contributed by atoms with Crippen molar-refractivity contribution in [1.82, 2.24) is 4.57 Å². The highest BCUT2D eigenvalue weighted by atomic mass is 16.3. The van der Waals surface area contributed by atoms with Gasteiger partial charge >= 0.3 is 0 Å². The first-order valence-corrected chi connectivity index (χ1v) is 7.45. The second-order valence-electron chi connectivity index (χ2n) is 5.57. The van der Waals surface area contributed by atoms with Crippen LogP contribution in [0.25, 0.3) is 10.9 Å². The van der Waals surface area contributed by atoms with Crippen LogP contribution in [0, 0.1) is 6.92 Å². The van der Waals surface area contributed by atoms with Gasteiger partial charge in [-0.15, -0.1) is 0 Å². The number of ketones is 1. The van der Waals surface area contributed by atoms with Crippen LogP contribution in [-0.2, 0) is 0 Å². The quantitative estimate of drug-likeness (QED) is 0.745. The fourth-order valence-corrected chi connectivity index (χ4v) is 3.06. The fraction of sp³-hybridized carbons (Fsp3) is 0.211. The largest absolute Gasteiger partial charge is 0.394 e. The summed E-state index contributed by atoms with van der Waals surface area (Å²) in [6.07, 6.45) is 0. The summed E-state index contributed by atoms with van der Waals surface area (Å²) in [5.41, 5.74) is 3.30. The lowest BCUT2D eigenvalue weighted by Crippen LogP contribution is -2.12. The molecule has 3 rings (SSSR count). The highest BCUT2D eigenvalue weighted by Crippen LogP contribution is 2.30. The molecule has 0 saturated heterocycles. The van der Waals surface area contributed by atoms with Gasteiger partial charge in [0, 0.05) is 22.2 Å². The van der Waals surface area contributed by atoms with Crippen LogP contribution in [0.4, 0.5) is 0 Å². The first-order chi connectivity index (χ1) is 10.6. The van der Waals surface area contributed by atoms with Crippen LogP contribution in [0.1, 0.15) is 34.6 Å². The highest BCUT2D eigenvalue weighted by molar-refractivity contribution is 6.17. The Kier molecular flexibility index (Phi) is 3.82. The average Bonchev–Trinajstić information content (AvgIpc) is 2.86. The standard InChI is InChI=1S/C19H19NO2/c1-13(12-21)20-14(2)18(16-10-6-7-11-17(16)20)19(22)15-8-4-3-5-9-15/h3-11,13,21H,12H2,1-2H3. The molecule has 22 heavy (non-hydrogen) atoms. The molecule has 1 atom stereocenters. The predicted octanol–water partition coefficient (Wildman–Crippen LogP) is 3.73. The molecule has 0 amide bonds. The summed E-state index contributed by atoms with van der Waals surface area (Å²) in [5, 5.41) is 10.5. The highest BCUT2D eigenvalue weighted by Gasteiger charge is 2.22. The molecule has 3 nitrogen and oxygen atoms in total. The lowest BCUT2D eigenvalue weighted by Gasteiger charge is -2.15. The Morgan fingerprint density at radius 3 is 2.41 bits per heavy atom. The van der Waals surface area contributed by atoms with Crippen LogP contribution in [-0.4, -0.2) is 22.1 Å². The zero-order valence-electron chi connectivity index (χ0n) is 12.8. The minimum atomic E-state index is -0.0674. The number of carbonyl (C=O) groups excluding carboxylic acids is 1. The van der Waals surface area contributed by atoms with Crippen LogP contribution in [0.5, 0.6) is 0 Å². The Bertz CT molecular complexity index is 818. The maximum absolute atomic E-state index is 12.9. The Hall–Kier alpha value is -2.39. The normalized spacial score (nSPS) is 12.5. The second-order valence-corrected chi connectivity index (χ2v) is 5.57. The number of aliphatic hydroxyl groups excluding tert-OH is 1. The zero-order valence-corrected chi connectivity index (χ0v) is 12.8. The average molecular weight is 293 g/mol. The molecular formula is C19H19NO2. The third kappa shape index (κ3) is 2.24. The van der Waals surface area contributed by atoms with Gasteiger partial charge in [-0.05, 0) is 19.9 Å². The third-order valence-electron chi connectivity index (χ3n) is 4.12. The summed E-state index contributed by atoms with van der Waals surface area (Å²) in [5.74, 6) is 0.0261. The number of para-hydroxylation sites is 1. The van der Waals surface area contributed by atoms with Gasteiger partial charge < -0.3 is 9.67 Å². The van der Waals surface area contributed by atoms with E-state index < -0.39 is 0 Å². The van der Waals surface area contributed by atoms with Gasteiger partial charge in [-0.1, -0.05) is 48.5 Å². The molecule has 3 heteroatoms. The molecule has 1 heterocycles. The Morgan fingerprint density at radius 1 is 1.09 bits per heavy atom. The van der Waals surface area contributed by atoms with Crippen molar-refractivity contribution in [2.75, 3.05) is 6.61 Å². The van der Waals surface area contributed by atoms with Gasteiger partial charge in [-0.2, -0.15) is 0 Å². The van der Waals surface area contributed by atoms with E-state index >= 15 is 0 Å². The molecule has 1 unspecified atom stereocenters. The molecule has 0 bridgehead atoms. The molecule has 112 valence electrons. The van der Waals surface area contributed by atoms with E-state index in [1.54, 1.807) is 0 Å². The van der Waals surface area contributed by atoms with Crippen molar-refractivity contribution in [3.63, 3.8) is 0 Å². The van der Waals surface area contributed by atoms with Crippen LogP contribution < -0.4 is 0 Å². The minimum Gasteiger partial charge on any atom is -0.394 e. The van der Waals surface area contributed by atoms with Crippen LogP contribution in [0.3, 0.4) is 0 Å². The summed E-state index contributed by atoms with van der Waals surface area (Å²) in [4.78, 5) is 12.9. The summed E-state index contributed by atoms with van der Waals surface area (Å²) >= 11 is 0. The van der Waals surface area contributed by atoms with E-state index in [0.717, 1.165) is 22.2 Å². The number of nitrogens with zero attached hydrogens (tertiary/aromatic N) is 1. The molecule has 0 aliphatic carbocycles. The Labute approximate surface area is 129 Å². The van der Waals surface area contributed by atoms with Crippen molar-refractivity contribution in [3.05, 3.63) is 71.4 Å². The lowest BCUT2D eigenvalue weighted by atomic mass is 10.0. The molecule has 2 aromatic carbocycles. The molecule has 1 N–H and O–H groups in total. The van der Waals surface area contributed by atoms with Gasteiger partial charge in [0.15, 0.2) is 5.78 Å². The van der Waals surface area contributed by atoms with Crippen LogP contribution in [0.15, 0.2) is 54.6 Å². The Morgan fingerprint density at radius 2 is 1.73 bits per heavy atom. The van der Waals surface area contributed by atoms with E-state index in [9.17, 15) is 9.90 Å². The van der Waals surface area contributed by atoms with Crippen molar-refractivity contribution in [1.29, 1.82) is 0 Å². The minimum absolute atomic E-state index is 0.0261. The summed E-state index contributed by atoms with van der Waals surface area (Å²) in [6, 6.07) is 17.1. The van der Waals surface area contributed by atoms with Gasteiger partial charge in [-0.25, -0.2) is 0 Å². The SMILES string of the molecule is Cc1c(C(=O)c2ccccc2)c2ccccc2n1C(C)CO. The van der Waals surface area contributed by atoms with E-state index in [-0.39, 0.29) is 18.4 Å². The topological polar surface area (TPSA) is 42.2 Å². The number of aliphatic hydroxyl groups is 1. The predicted molar refractivity (Wildman–Crippen MR) is 88.3 cm³/mol. The van der Waals surface area contributed by atoms with Crippen molar-refractivity contribution in [3.8, 4) is 0 Å². The number of benzene rings is 2. The number of fused-ring (bicyclic) bond motifs is 1. The summed E-state index contributed by atoms with van der Waals surface area (Å²) in [7, 11) is 0. The van der Waals surface area contributed by atoms with Crippen LogP contribution in [0.2, 0.25) is 0 Å². The molecule has 0 fully saturated rings. The lowest BCUT2D eigenvalue weighted by molar-refractivity contribution is 0.103. The van der Waals surface area contributed by atoms with Crippen molar-refractivity contribution < 1.29 is 9.90 Å². The van der Waals surface area contributed by atoms with Gasteiger partial charge in [-0.3, -0.25) is 4.79 Å². The fourth-order valence-electron chi connectivity index (χ4n) is 3.06. The number of carbonyl (C=O) groups is 1. The smallest absolute Gasteiger partial charge is 0.195 e. The number of hydrogen-bond acceptors (Lipinski definition) is 2. The monoisotopic (exact) mass is 293 g/mol. The Balaban J connectivity index is 2.26. The molecule has 0 aliphatic rings. The van der Waals surface area contributed by atoms with E-state index in [1.807, 2.05) is 73.0 Å². The molecule has 1 aromatic heterocycles. The third-order valence-corrected chi connectivity index (χ3v) is 4.12. The maximum Gasteiger partial charge on any atom is 0.195 e. The molecule has 0 aliphatic heterocycles. The first kappa shape index (κ1) is 14.5. The van der Waals surface area contributed by atoms with Crippen molar-refractivity contribution in [2.24, 2.45) is 0 Å². The van der Waals surface area contributed by atoms with E-state index in [2.05, 4.69) is 0 Å². The molecular weight excluding hydrogens is 274 g/mol. The van der Waals surface area contributed by atoms with Crippen molar-refractivity contribution >= 4 is 16.7 Å². The van der Waals surface area contributed by atoms with Crippen molar-refractivity contribution in [2.45, 2.75) is 19.9 Å². The van der Waals surface area contributed by atoms with E-state index in [4.69, 9.17) is 0 Å². The zero-order chi connectivity index (χ0) is 15.7. The van der Waals surface area contributed by atoms with E-state index in [1.165, 1.54) is 0 Å². The molecule has 3 aromatic rings. The van der Waals surface area contributed by atoms with Crippen LogP contribution >= 0.6 is 0 Å². The summed E-state index contributed by atoms with van der Waals surface area (Å²) < 4.78 is 2.05. The summed E-state index contributed by atoms with van der Waals surface area (Å²) in [6.45, 7) is 3.94. The first-order valence-electron chi connectivity index (χ1n) is 7.45. The maximum atomic E-state index is 12.9. The number of hydrogen-bond donors (Lipinski definition) is 1.